The molecular formula is C10H18N2O4. The van der Waals surface area contributed by atoms with Crippen molar-refractivity contribution in [3.63, 3.8) is 0 Å². The Morgan fingerprint density at radius 1 is 1.44 bits per heavy atom. The Kier molecular flexibility index (Phi) is 4.26. The van der Waals surface area contributed by atoms with Crippen molar-refractivity contribution in [3.8, 4) is 0 Å². The number of amides is 2. The first-order valence-corrected chi connectivity index (χ1v) is 5.25. The minimum Gasteiger partial charge on any atom is -0.453 e. The van der Waals surface area contributed by atoms with Crippen LogP contribution >= 0.6 is 0 Å². The predicted octanol–water partition coefficient (Wildman–Crippen LogP) is -0.284. The van der Waals surface area contributed by atoms with Crippen LogP contribution in [0.1, 0.15) is 19.8 Å². The van der Waals surface area contributed by atoms with Crippen LogP contribution in [0, 0.1) is 0 Å². The highest BCUT2D eigenvalue weighted by atomic mass is 16.5. The molecule has 0 bridgehead atoms. The van der Waals surface area contributed by atoms with Gasteiger partial charge in [0, 0.05) is 13.1 Å². The molecular weight excluding hydrogens is 212 g/mol. The van der Waals surface area contributed by atoms with Gasteiger partial charge in [-0.2, -0.15) is 0 Å². The summed E-state index contributed by atoms with van der Waals surface area (Å²) in [5.41, 5.74) is -0.630. The summed E-state index contributed by atoms with van der Waals surface area (Å²) in [6, 6.07) is 0. The first-order valence-electron chi connectivity index (χ1n) is 5.25. The van der Waals surface area contributed by atoms with Gasteiger partial charge in [-0.25, -0.2) is 4.79 Å². The van der Waals surface area contributed by atoms with Crippen LogP contribution in [0.5, 0.6) is 0 Å². The van der Waals surface area contributed by atoms with Crippen molar-refractivity contribution in [1.29, 1.82) is 0 Å². The minimum absolute atomic E-state index is 0.158. The van der Waals surface area contributed by atoms with Gasteiger partial charge in [-0.15, -0.1) is 0 Å². The maximum Gasteiger partial charge on any atom is 0.413 e. The minimum atomic E-state index is -0.742. The summed E-state index contributed by atoms with van der Waals surface area (Å²) in [4.78, 5) is 24.0. The summed E-state index contributed by atoms with van der Waals surface area (Å²) < 4.78 is 4.31. The SMILES string of the molecule is COC(=O)NC(=O)CN1CCC(C)(O)CC1. The second-order valence-electron chi connectivity index (χ2n) is 4.31. The molecule has 0 spiro atoms. The molecule has 1 fully saturated rings. The summed E-state index contributed by atoms with van der Waals surface area (Å²) in [7, 11) is 1.21. The van der Waals surface area contributed by atoms with Crippen molar-refractivity contribution in [2.45, 2.75) is 25.4 Å². The molecule has 0 unspecified atom stereocenters. The van der Waals surface area contributed by atoms with E-state index in [-0.39, 0.29) is 12.5 Å². The molecule has 2 amide bonds. The third-order valence-corrected chi connectivity index (χ3v) is 2.73. The molecule has 6 heteroatoms. The molecule has 0 radical (unpaired) electrons. The zero-order chi connectivity index (χ0) is 12.2. The van der Waals surface area contributed by atoms with Gasteiger partial charge in [0.1, 0.15) is 0 Å². The zero-order valence-corrected chi connectivity index (χ0v) is 9.65. The maximum absolute atomic E-state index is 11.3. The fourth-order valence-corrected chi connectivity index (χ4v) is 1.60. The van der Waals surface area contributed by atoms with E-state index in [0.717, 1.165) is 0 Å². The van der Waals surface area contributed by atoms with Crippen LogP contribution in [0.15, 0.2) is 0 Å². The van der Waals surface area contributed by atoms with Crippen molar-refractivity contribution in [2.24, 2.45) is 0 Å². The maximum atomic E-state index is 11.3. The average molecular weight is 230 g/mol. The van der Waals surface area contributed by atoms with E-state index in [9.17, 15) is 14.7 Å². The lowest BCUT2D eigenvalue weighted by atomic mass is 9.94. The van der Waals surface area contributed by atoms with Gasteiger partial charge in [0.2, 0.25) is 5.91 Å². The van der Waals surface area contributed by atoms with E-state index < -0.39 is 11.7 Å². The summed E-state index contributed by atoms with van der Waals surface area (Å²) in [6.45, 7) is 3.26. The number of alkyl carbamates (subject to hydrolysis) is 1. The first-order chi connectivity index (χ1) is 7.43. The molecule has 1 heterocycles. The molecule has 1 aliphatic heterocycles. The highest BCUT2D eigenvalue weighted by molar-refractivity contribution is 5.92. The van der Waals surface area contributed by atoms with E-state index in [1.165, 1.54) is 7.11 Å². The van der Waals surface area contributed by atoms with Crippen LogP contribution in [0.4, 0.5) is 4.79 Å². The van der Waals surface area contributed by atoms with Crippen LogP contribution < -0.4 is 5.32 Å². The Hall–Kier alpha value is -1.14. The normalized spacial score (nSPS) is 20.2. The number of hydrogen-bond acceptors (Lipinski definition) is 5. The summed E-state index contributed by atoms with van der Waals surface area (Å²) in [5, 5.41) is 11.8. The summed E-state index contributed by atoms with van der Waals surface area (Å²) in [6.07, 6.45) is 0.533. The molecule has 0 aromatic heterocycles. The number of aliphatic hydroxyl groups is 1. The highest BCUT2D eigenvalue weighted by Gasteiger charge is 2.28. The molecule has 0 aromatic carbocycles. The molecule has 0 atom stereocenters. The molecule has 16 heavy (non-hydrogen) atoms. The molecule has 92 valence electrons. The fraction of sp³-hybridized carbons (Fsp3) is 0.800. The smallest absolute Gasteiger partial charge is 0.413 e. The standard InChI is InChI=1S/C10H18N2O4/c1-10(15)3-5-12(6-4-10)7-8(13)11-9(14)16-2/h15H,3-7H2,1-2H3,(H,11,13,14). The van der Waals surface area contributed by atoms with E-state index in [0.29, 0.717) is 25.9 Å². The molecule has 1 saturated heterocycles. The third-order valence-electron chi connectivity index (χ3n) is 2.73. The average Bonchev–Trinajstić information content (AvgIpc) is 2.21. The summed E-state index contributed by atoms with van der Waals surface area (Å²) in [5.74, 6) is -0.381. The second kappa shape index (κ2) is 5.27. The van der Waals surface area contributed by atoms with Gasteiger partial charge in [-0.3, -0.25) is 15.0 Å². The first kappa shape index (κ1) is 12.9. The van der Waals surface area contributed by atoms with Gasteiger partial charge in [0.05, 0.1) is 19.3 Å². The molecule has 2 N–H and O–H groups in total. The topological polar surface area (TPSA) is 78.9 Å². The van der Waals surface area contributed by atoms with E-state index in [1.807, 2.05) is 4.90 Å². The van der Waals surface area contributed by atoms with Crippen LogP contribution in [0.3, 0.4) is 0 Å². The number of imide groups is 1. The van der Waals surface area contributed by atoms with E-state index in [1.54, 1.807) is 6.92 Å². The number of ether oxygens (including phenoxy) is 1. The molecule has 1 aliphatic rings. The number of methoxy groups -OCH3 is 1. The van der Waals surface area contributed by atoms with E-state index in [4.69, 9.17) is 0 Å². The Morgan fingerprint density at radius 2 is 2.00 bits per heavy atom. The Morgan fingerprint density at radius 3 is 2.50 bits per heavy atom. The Labute approximate surface area is 94.6 Å². The zero-order valence-electron chi connectivity index (χ0n) is 9.65. The van der Waals surface area contributed by atoms with Crippen LogP contribution in [-0.4, -0.2) is 54.4 Å². The van der Waals surface area contributed by atoms with Crippen LogP contribution in [0.25, 0.3) is 0 Å². The fourth-order valence-electron chi connectivity index (χ4n) is 1.60. The number of rotatable bonds is 2. The predicted molar refractivity (Wildman–Crippen MR) is 56.8 cm³/mol. The van der Waals surface area contributed by atoms with Gasteiger partial charge in [-0.05, 0) is 19.8 Å². The quantitative estimate of drug-likeness (QED) is 0.682. The Bertz CT molecular complexity index is 268. The number of nitrogens with zero attached hydrogens (tertiary/aromatic N) is 1. The van der Waals surface area contributed by atoms with Gasteiger partial charge >= 0.3 is 6.09 Å². The largest absolute Gasteiger partial charge is 0.453 e. The Balaban J connectivity index is 2.28. The lowest BCUT2D eigenvalue weighted by Gasteiger charge is -2.35. The molecule has 1 rings (SSSR count). The number of carbonyl (C=O) groups excluding carboxylic acids is 2. The monoisotopic (exact) mass is 230 g/mol. The number of hydrogen-bond donors (Lipinski definition) is 2. The van der Waals surface area contributed by atoms with Crippen molar-refractivity contribution < 1.29 is 19.4 Å². The lowest BCUT2D eigenvalue weighted by molar-refractivity contribution is -0.122. The van der Waals surface area contributed by atoms with Gasteiger partial charge < -0.3 is 9.84 Å². The molecule has 0 saturated carbocycles. The number of nitrogens with one attached hydrogen (secondary N) is 1. The molecule has 0 aromatic rings. The lowest BCUT2D eigenvalue weighted by Crippen LogP contribution is -2.47. The van der Waals surface area contributed by atoms with Gasteiger partial charge in [0.15, 0.2) is 0 Å². The van der Waals surface area contributed by atoms with E-state index >= 15 is 0 Å². The van der Waals surface area contributed by atoms with Gasteiger partial charge in [0.25, 0.3) is 0 Å². The van der Waals surface area contributed by atoms with Crippen molar-refractivity contribution in [2.75, 3.05) is 26.7 Å². The van der Waals surface area contributed by atoms with Crippen molar-refractivity contribution in [3.05, 3.63) is 0 Å². The molecule has 0 aliphatic carbocycles. The van der Waals surface area contributed by atoms with Gasteiger partial charge in [-0.1, -0.05) is 0 Å². The van der Waals surface area contributed by atoms with E-state index in [2.05, 4.69) is 10.1 Å². The van der Waals surface area contributed by atoms with Crippen LogP contribution in [0.2, 0.25) is 0 Å². The van der Waals surface area contributed by atoms with Crippen molar-refractivity contribution in [1.82, 2.24) is 10.2 Å². The highest BCUT2D eigenvalue weighted by Crippen LogP contribution is 2.20. The van der Waals surface area contributed by atoms with Crippen LogP contribution in [-0.2, 0) is 9.53 Å². The number of likely N-dealkylation sites (tertiary alicyclic amines) is 1. The number of piperidine rings is 1. The third kappa shape index (κ3) is 4.16. The second-order valence-corrected chi connectivity index (χ2v) is 4.31. The summed E-state index contributed by atoms with van der Waals surface area (Å²) >= 11 is 0. The van der Waals surface area contributed by atoms with Crippen molar-refractivity contribution >= 4 is 12.0 Å². The number of carbonyl (C=O) groups is 2. The molecule has 6 nitrogen and oxygen atoms in total.